The van der Waals surface area contributed by atoms with Crippen LogP contribution in [0.1, 0.15) is 38.8 Å². The van der Waals surface area contributed by atoms with E-state index in [2.05, 4.69) is 17.6 Å². The standard InChI is InChI=1S/C23H19ClN2O2S/c1-2-15-8-10-17(11-9-15)22(28)26-23(29)25-20-13-12-18(24)14-19(20)21(27)16-6-4-3-5-7-16/h3-14H,2H2,1H3,(H2,25,26,28,29). The van der Waals surface area contributed by atoms with Gasteiger partial charge in [-0.15, -0.1) is 0 Å². The van der Waals surface area contributed by atoms with Crippen molar-refractivity contribution in [2.45, 2.75) is 13.3 Å². The monoisotopic (exact) mass is 422 g/mol. The lowest BCUT2D eigenvalue weighted by molar-refractivity contribution is 0.0977. The van der Waals surface area contributed by atoms with Gasteiger partial charge < -0.3 is 5.32 Å². The molecule has 0 saturated heterocycles. The average Bonchev–Trinajstić information content (AvgIpc) is 2.75. The lowest BCUT2D eigenvalue weighted by Gasteiger charge is -2.14. The van der Waals surface area contributed by atoms with Gasteiger partial charge in [0.1, 0.15) is 0 Å². The van der Waals surface area contributed by atoms with Crippen LogP contribution in [0.5, 0.6) is 0 Å². The van der Waals surface area contributed by atoms with Crippen LogP contribution in [-0.2, 0) is 6.42 Å². The van der Waals surface area contributed by atoms with Crippen LogP contribution in [0, 0.1) is 0 Å². The Hall–Kier alpha value is -3.02. The molecule has 2 N–H and O–H groups in total. The van der Waals surface area contributed by atoms with E-state index in [1.54, 1.807) is 54.6 Å². The largest absolute Gasteiger partial charge is 0.332 e. The van der Waals surface area contributed by atoms with Gasteiger partial charge in [0, 0.05) is 21.7 Å². The van der Waals surface area contributed by atoms with Crippen LogP contribution in [0.15, 0.2) is 72.8 Å². The lowest BCUT2D eigenvalue weighted by Crippen LogP contribution is -2.34. The van der Waals surface area contributed by atoms with Gasteiger partial charge in [0.2, 0.25) is 0 Å². The third-order valence-corrected chi connectivity index (χ3v) is 4.80. The van der Waals surface area contributed by atoms with Crippen molar-refractivity contribution in [2.75, 3.05) is 5.32 Å². The molecule has 4 nitrogen and oxygen atoms in total. The molecule has 0 atom stereocenters. The van der Waals surface area contributed by atoms with Gasteiger partial charge in [-0.3, -0.25) is 14.9 Å². The Bertz CT molecular complexity index is 1050. The second-order valence-electron chi connectivity index (χ2n) is 6.34. The van der Waals surface area contributed by atoms with Crippen LogP contribution >= 0.6 is 23.8 Å². The minimum atomic E-state index is -0.324. The normalized spacial score (nSPS) is 10.3. The number of halogens is 1. The Balaban J connectivity index is 1.76. The van der Waals surface area contributed by atoms with E-state index in [-0.39, 0.29) is 16.8 Å². The van der Waals surface area contributed by atoms with Crippen LogP contribution in [0.4, 0.5) is 5.69 Å². The second-order valence-corrected chi connectivity index (χ2v) is 7.19. The molecule has 146 valence electrons. The number of amides is 1. The van der Waals surface area contributed by atoms with Crippen molar-refractivity contribution in [1.82, 2.24) is 5.32 Å². The maximum absolute atomic E-state index is 12.9. The Morgan fingerprint density at radius 2 is 1.62 bits per heavy atom. The third-order valence-electron chi connectivity index (χ3n) is 4.36. The molecular weight excluding hydrogens is 404 g/mol. The number of benzene rings is 3. The molecule has 0 bridgehead atoms. The Labute approximate surface area is 179 Å². The van der Waals surface area contributed by atoms with Gasteiger partial charge >= 0.3 is 0 Å². The minimum Gasteiger partial charge on any atom is -0.332 e. The van der Waals surface area contributed by atoms with Crippen LogP contribution in [0.25, 0.3) is 0 Å². The number of carbonyl (C=O) groups excluding carboxylic acids is 2. The number of aryl methyl sites for hydroxylation is 1. The van der Waals surface area contributed by atoms with E-state index < -0.39 is 0 Å². The van der Waals surface area contributed by atoms with Gasteiger partial charge in [-0.2, -0.15) is 0 Å². The van der Waals surface area contributed by atoms with Crippen LogP contribution < -0.4 is 10.6 Å². The number of rotatable bonds is 5. The minimum absolute atomic E-state index is 0.0963. The third kappa shape index (κ3) is 5.28. The van der Waals surface area contributed by atoms with E-state index in [9.17, 15) is 9.59 Å². The first-order valence-corrected chi connectivity index (χ1v) is 9.87. The Kier molecular flexibility index (Phi) is 6.75. The first-order chi connectivity index (χ1) is 14.0. The van der Waals surface area contributed by atoms with Crippen molar-refractivity contribution in [3.05, 3.63) is 100 Å². The fourth-order valence-corrected chi connectivity index (χ4v) is 3.15. The van der Waals surface area contributed by atoms with Crippen molar-refractivity contribution >= 4 is 46.3 Å². The highest BCUT2D eigenvalue weighted by molar-refractivity contribution is 7.80. The molecule has 0 aliphatic heterocycles. The van der Waals surface area contributed by atoms with E-state index >= 15 is 0 Å². The van der Waals surface area contributed by atoms with E-state index in [4.69, 9.17) is 23.8 Å². The SMILES string of the molecule is CCc1ccc(C(=O)NC(=S)Nc2ccc(Cl)cc2C(=O)c2ccccc2)cc1. The van der Waals surface area contributed by atoms with Gasteiger partial charge in [0.15, 0.2) is 10.9 Å². The van der Waals surface area contributed by atoms with Crippen LogP contribution in [0.3, 0.4) is 0 Å². The molecule has 0 heterocycles. The summed E-state index contributed by atoms with van der Waals surface area (Å²) in [5.74, 6) is -0.519. The van der Waals surface area contributed by atoms with Crippen LogP contribution in [0.2, 0.25) is 5.02 Å². The number of ketones is 1. The highest BCUT2D eigenvalue weighted by atomic mass is 35.5. The summed E-state index contributed by atoms with van der Waals surface area (Å²) in [6, 6.07) is 21.1. The highest BCUT2D eigenvalue weighted by Gasteiger charge is 2.16. The molecule has 29 heavy (non-hydrogen) atoms. The highest BCUT2D eigenvalue weighted by Crippen LogP contribution is 2.23. The number of hydrogen-bond donors (Lipinski definition) is 2. The molecule has 3 rings (SSSR count). The van der Waals surface area contributed by atoms with Gasteiger partial charge in [-0.1, -0.05) is 61.0 Å². The average molecular weight is 423 g/mol. The van der Waals surface area contributed by atoms with Crippen molar-refractivity contribution in [3.8, 4) is 0 Å². The van der Waals surface area contributed by atoms with Crippen molar-refractivity contribution in [3.63, 3.8) is 0 Å². The van der Waals surface area contributed by atoms with E-state index in [1.807, 2.05) is 18.2 Å². The first kappa shape index (κ1) is 20.7. The molecular formula is C23H19ClN2O2S. The maximum Gasteiger partial charge on any atom is 0.257 e. The molecule has 0 unspecified atom stereocenters. The molecule has 0 fully saturated rings. The summed E-state index contributed by atoms with van der Waals surface area (Å²) in [5, 5.41) is 6.10. The van der Waals surface area contributed by atoms with E-state index in [0.717, 1.165) is 12.0 Å². The zero-order chi connectivity index (χ0) is 20.8. The number of carbonyl (C=O) groups is 2. The van der Waals surface area contributed by atoms with Crippen molar-refractivity contribution < 1.29 is 9.59 Å². The van der Waals surface area contributed by atoms with E-state index in [1.165, 1.54) is 0 Å². The molecule has 0 saturated carbocycles. The number of hydrogen-bond acceptors (Lipinski definition) is 3. The molecule has 6 heteroatoms. The van der Waals surface area contributed by atoms with Gasteiger partial charge in [0.05, 0.1) is 5.69 Å². The van der Waals surface area contributed by atoms with Gasteiger partial charge in [-0.05, 0) is 54.5 Å². The smallest absolute Gasteiger partial charge is 0.257 e. The molecule has 0 spiro atoms. The molecule has 0 aliphatic rings. The number of anilines is 1. The summed E-state index contributed by atoms with van der Waals surface area (Å²) in [6.07, 6.45) is 0.899. The summed E-state index contributed by atoms with van der Waals surface area (Å²) in [5.41, 5.74) is 3.02. The summed E-state index contributed by atoms with van der Waals surface area (Å²) >= 11 is 11.4. The van der Waals surface area contributed by atoms with E-state index in [0.29, 0.717) is 27.4 Å². The summed E-state index contributed by atoms with van der Waals surface area (Å²) in [7, 11) is 0. The molecule has 3 aromatic carbocycles. The Morgan fingerprint density at radius 3 is 2.28 bits per heavy atom. The molecule has 3 aromatic rings. The first-order valence-electron chi connectivity index (χ1n) is 9.08. The molecule has 0 radical (unpaired) electrons. The topological polar surface area (TPSA) is 58.2 Å². The van der Waals surface area contributed by atoms with Gasteiger partial charge in [-0.25, -0.2) is 0 Å². The maximum atomic E-state index is 12.9. The predicted molar refractivity (Wildman–Crippen MR) is 121 cm³/mol. The molecule has 0 aromatic heterocycles. The quantitative estimate of drug-likeness (QED) is 0.435. The summed E-state index contributed by atoms with van der Waals surface area (Å²) in [6.45, 7) is 2.05. The Morgan fingerprint density at radius 1 is 0.931 bits per heavy atom. The van der Waals surface area contributed by atoms with Crippen molar-refractivity contribution in [2.24, 2.45) is 0 Å². The molecule has 0 aliphatic carbocycles. The zero-order valence-electron chi connectivity index (χ0n) is 15.7. The fourth-order valence-electron chi connectivity index (χ4n) is 2.78. The number of nitrogens with one attached hydrogen (secondary N) is 2. The summed E-state index contributed by atoms with van der Waals surface area (Å²) < 4.78 is 0. The van der Waals surface area contributed by atoms with Crippen LogP contribution in [-0.4, -0.2) is 16.8 Å². The lowest BCUT2D eigenvalue weighted by atomic mass is 10.0. The molecule has 1 amide bonds. The summed E-state index contributed by atoms with van der Waals surface area (Å²) in [4.78, 5) is 25.3. The predicted octanol–water partition coefficient (Wildman–Crippen LogP) is 5.26. The number of thiocarbonyl (C=S) groups is 1. The second kappa shape index (κ2) is 9.45. The van der Waals surface area contributed by atoms with Crippen molar-refractivity contribution in [1.29, 1.82) is 0 Å². The zero-order valence-corrected chi connectivity index (χ0v) is 17.3. The fraction of sp³-hybridized carbons (Fsp3) is 0.0870. The van der Waals surface area contributed by atoms with Gasteiger partial charge in [0.25, 0.3) is 5.91 Å².